The monoisotopic (exact) mass is 341 g/mol. The molecule has 1 aromatic carbocycles. The molecule has 1 aliphatic rings. The number of hydrogen-bond donors (Lipinski definition) is 1. The highest BCUT2D eigenvalue weighted by atomic mass is 19.1. The molecule has 1 amide bonds. The number of halogens is 1. The van der Waals surface area contributed by atoms with Crippen LogP contribution in [0.3, 0.4) is 0 Å². The quantitative estimate of drug-likeness (QED) is 0.796. The minimum absolute atomic E-state index is 0.0535. The fraction of sp³-hybridized carbons (Fsp3) is 0.389. The van der Waals surface area contributed by atoms with Gasteiger partial charge in [-0.3, -0.25) is 9.48 Å². The molecule has 130 valence electrons. The van der Waals surface area contributed by atoms with Crippen LogP contribution in [-0.4, -0.2) is 43.1 Å². The number of carbonyl (C=O) groups is 1. The molecule has 3 heterocycles. The number of amides is 1. The first-order chi connectivity index (χ1) is 12.1. The summed E-state index contributed by atoms with van der Waals surface area (Å²) in [6, 6.07) is 2.70. The lowest BCUT2D eigenvalue weighted by atomic mass is 10.00. The number of fused-ring (bicyclic) bond motifs is 1. The van der Waals surface area contributed by atoms with E-state index in [4.69, 9.17) is 0 Å². The molecule has 1 N–H and O–H groups in total. The van der Waals surface area contributed by atoms with Gasteiger partial charge in [-0.2, -0.15) is 5.10 Å². The Morgan fingerprint density at radius 3 is 3.08 bits per heavy atom. The van der Waals surface area contributed by atoms with Crippen LogP contribution < -0.4 is 0 Å². The molecule has 1 fully saturated rings. The van der Waals surface area contributed by atoms with Crippen molar-refractivity contribution in [2.45, 2.75) is 38.8 Å². The minimum atomic E-state index is -0.434. The fourth-order valence-corrected chi connectivity index (χ4v) is 3.57. The van der Waals surface area contributed by atoms with Crippen LogP contribution in [0.4, 0.5) is 4.39 Å². The molecule has 25 heavy (non-hydrogen) atoms. The number of imidazole rings is 1. The van der Waals surface area contributed by atoms with Crippen LogP contribution in [0, 0.1) is 12.7 Å². The summed E-state index contributed by atoms with van der Waals surface area (Å²) in [6.45, 7) is 3.32. The summed E-state index contributed by atoms with van der Waals surface area (Å²) in [4.78, 5) is 22.1. The Balaban J connectivity index is 1.65. The van der Waals surface area contributed by atoms with Crippen molar-refractivity contribution in [1.82, 2.24) is 24.6 Å². The Hall–Kier alpha value is -2.70. The average molecular weight is 341 g/mol. The maximum absolute atomic E-state index is 13.9. The highest BCUT2D eigenvalue weighted by Crippen LogP contribution is 2.24. The molecular weight excluding hydrogens is 321 g/mol. The van der Waals surface area contributed by atoms with Gasteiger partial charge in [0.2, 0.25) is 0 Å². The first-order valence-electron chi connectivity index (χ1n) is 8.54. The normalized spacial score (nSPS) is 18.0. The van der Waals surface area contributed by atoms with E-state index in [1.165, 1.54) is 18.5 Å². The molecule has 1 aliphatic heterocycles. The highest BCUT2D eigenvalue weighted by Gasteiger charge is 2.29. The number of aromatic amines is 1. The van der Waals surface area contributed by atoms with Crippen molar-refractivity contribution in [3.8, 4) is 0 Å². The Morgan fingerprint density at radius 1 is 1.40 bits per heavy atom. The van der Waals surface area contributed by atoms with Gasteiger partial charge in [0.05, 0.1) is 36.2 Å². The number of benzene rings is 1. The van der Waals surface area contributed by atoms with E-state index in [1.54, 1.807) is 0 Å². The fourth-order valence-electron chi connectivity index (χ4n) is 3.57. The smallest absolute Gasteiger partial charge is 0.256 e. The minimum Gasteiger partial charge on any atom is -0.344 e. The van der Waals surface area contributed by atoms with E-state index in [9.17, 15) is 9.18 Å². The van der Waals surface area contributed by atoms with Gasteiger partial charge < -0.3 is 9.88 Å². The Labute approximate surface area is 144 Å². The summed E-state index contributed by atoms with van der Waals surface area (Å²) in [5.74, 6) is -0.596. The second-order valence-corrected chi connectivity index (χ2v) is 6.64. The van der Waals surface area contributed by atoms with Crippen LogP contribution in [0.2, 0.25) is 0 Å². The summed E-state index contributed by atoms with van der Waals surface area (Å²) in [5, 5.41) is 4.33. The third-order valence-electron chi connectivity index (χ3n) is 4.77. The number of nitrogens with one attached hydrogen (secondary N) is 1. The number of likely N-dealkylation sites (tertiary alicyclic amines) is 1. The number of nitrogens with zero attached hydrogens (tertiary/aromatic N) is 4. The molecule has 4 rings (SSSR count). The van der Waals surface area contributed by atoms with Gasteiger partial charge in [-0.25, -0.2) is 9.37 Å². The zero-order valence-electron chi connectivity index (χ0n) is 14.1. The average Bonchev–Trinajstić information content (AvgIpc) is 3.22. The number of aromatic nitrogens is 4. The molecule has 3 aromatic rings. The number of carbonyl (C=O) groups excluding carboxylic acids is 1. The summed E-state index contributed by atoms with van der Waals surface area (Å²) in [6.07, 6.45) is 8.24. The summed E-state index contributed by atoms with van der Waals surface area (Å²) < 4.78 is 15.8. The zero-order chi connectivity index (χ0) is 17.4. The number of H-pyrrole nitrogens is 1. The van der Waals surface area contributed by atoms with Crippen LogP contribution in [0.25, 0.3) is 11.0 Å². The van der Waals surface area contributed by atoms with Crippen LogP contribution >= 0.6 is 0 Å². The lowest BCUT2D eigenvalue weighted by molar-refractivity contribution is 0.0585. The van der Waals surface area contributed by atoms with E-state index < -0.39 is 5.82 Å². The molecule has 7 heteroatoms. The first-order valence-corrected chi connectivity index (χ1v) is 8.54. The molecule has 0 saturated carbocycles. The number of hydrogen-bond acceptors (Lipinski definition) is 3. The predicted octanol–water partition coefficient (Wildman–Crippen LogP) is 2.90. The van der Waals surface area contributed by atoms with Crippen LogP contribution in [0.5, 0.6) is 0 Å². The van der Waals surface area contributed by atoms with Crippen LogP contribution in [-0.2, 0) is 6.54 Å². The van der Waals surface area contributed by atoms with Crippen molar-refractivity contribution in [2.24, 2.45) is 0 Å². The standard InChI is InChI=1S/C18H20FN5O/c1-12-8-22-23(9-12)10-14-4-2-3-5-24(14)18(25)15-6-13(19)7-16-17(15)21-11-20-16/h6-9,11,14H,2-5,10H2,1H3,(H,20,21)/t14-/m0/s1. The topological polar surface area (TPSA) is 66.8 Å². The number of rotatable bonds is 3. The number of piperidine rings is 1. The predicted molar refractivity (Wildman–Crippen MR) is 91.7 cm³/mol. The molecule has 0 spiro atoms. The first kappa shape index (κ1) is 15.8. The van der Waals surface area contributed by atoms with Crippen molar-refractivity contribution in [3.63, 3.8) is 0 Å². The van der Waals surface area contributed by atoms with Gasteiger partial charge in [0.15, 0.2) is 0 Å². The lowest BCUT2D eigenvalue weighted by Crippen LogP contribution is -2.46. The van der Waals surface area contributed by atoms with E-state index in [2.05, 4.69) is 15.1 Å². The van der Waals surface area contributed by atoms with Gasteiger partial charge in [-0.15, -0.1) is 0 Å². The van der Waals surface area contributed by atoms with Crippen LogP contribution in [0.15, 0.2) is 30.9 Å². The zero-order valence-corrected chi connectivity index (χ0v) is 14.1. The summed E-state index contributed by atoms with van der Waals surface area (Å²) in [7, 11) is 0. The maximum atomic E-state index is 13.9. The van der Waals surface area contributed by atoms with Crippen molar-refractivity contribution in [3.05, 3.63) is 47.8 Å². The number of aryl methyl sites for hydroxylation is 1. The van der Waals surface area contributed by atoms with Crippen molar-refractivity contribution in [1.29, 1.82) is 0 Å². The van der Waals surface area contributed by atoms with Gasteiger partial charge in [0, 0.05) is 12.7 Å². The van der Waals surface area contributed by atoms with Gasteiger partial charge in [0.1, 0.15) is 11.3 Å². The van der Waals surface area contributed by atoms with Gasteiger partial charge in [-0.1, -0.05) is 0 Å². The molecule has 0 unspecified atom stereocenters. The third-order valence-corrected chi connectivity index (χ3v) is 4.77. The Morgan fingerprint density at radius 2 is 2.28 bits per heavy atom. The van der Waals surface area contributed by atoms with Gasteiger partial charge in [0.25, 0.3) is 5.91 Å². The van der Waals surface area contributed by atoms with E-state index >= 15 is 0 Å². The van der Waals surface area contributed by atoms with E-state index in [0.717, 1.165) is 24.8 Å². The van der Waals surface area contributed by atoms with E-state index in [-0.39, 0.29) is 11.9 Å². The van der Waals surface area contributed by atoms with E-state index in [1.807, 2.05) is 28.9 Å². The largest absolute Gasteiger partial charge is 0.344 e. The third kappa shape index (κ3) is 3.01. The highest BCUT2D eigenvalue weighted by molar-refractivity contribution is 6.05. The molecule has 0 bridgehead atoms. The second kappa shape index (κ2) is 6.31. The van der Waals surface area contributed by atoms with Gasteiger partial charge >= 0.3 is 0 Å². The molecule has 1 saturated heterocycles. The molecule has 2 aromatic heterocycles. The van der Waals surface area contributed by atoms with E-state index in [0.29, 0.717) is 29.7 Å². The molecule has 0 radical (unpaired) electrons. The van der Waals surface area contributed by atoms with Crippen molar-refractivity contribution in [2.75, 3.05) is 6.54 Å². The molecule has 1 atom stereocenters. The van der Waals surface area contributed by atoms with Crippen molar-refractivity contribution >= 4 is 16.9 Å². The summed E-state index contributed by atoms with van der Waals surface area (Å²) in [5.41, 5.74) is 2.47. The summed E-state index contributed by atoms with van der Waals surface area (Å²) >= 11 is 0. The molecular formula is C18H20FN5O. The SMILES string of the molecule is Cc1cnn(C[C@@H]2CCCCN2C(=O)c2cc(F)cc3[nH]cnc23)c1. The van der Waals surface area contributed by atoms with Gasteiger partial charge in [-0.05, 0) is 43.9 Å². The Bertz CT molecular complexity index is 915. The molecule has 0 aliphatic carbocycles. The second-order valence-electron chi connectivity index (χ2n) is 6.64. The lowest BCUT2D eigenvalue weighted by Gasteiger charge is -2.35. The maximum Gasteiger partial charge on any atom is 0.256 e. The van der Waals surface area contributed by atoms with Crippen molar-refractivity contribution < 1.29 is 9.18 Å². The Kier molecular flexibility index (Phi) is 3.99. The van der Waals surface area contributed by atoms with Crippen LogP contribution in [0.1, 0.15) is 35.2 Å². The molecule has 6 nitrogen and oxygen atoms in total.